The van der Waals surface area contributed by atoms with Gasteiger partial charge in [0, 0.05) is 32.2 Å². The van der Waals surface area contributed by atoms with E-state index in [9.17, 15) is 23.3 Å². The van der Waals surface area contributed by atoms with Crippen LogP contribution < -0.4 is 5.32 Å². The Morgan fingerprint density at radius 2 is 1.95 bits per heavy atom. The van der Waals surface area contributed by atoms with Crippen molar-refractivity contribution in [1.29, 1.82) is 0 Å². The molecule has 0 bridgehead atoms. The molecule has 1 atom stereocenters. The van der Waals surface area contributed by atoms with Gasteiger partial charge in [0.15, 0.2) is 0 Å². The highest BCUT2D eigenvalue weighted by molar-refractivity contribution is 6.32. The fourth-order valence-corrected chi connectivity index (χ4v) is 2.57. The van der Waals surface area contributed by atoms with Gasteiger partial charge in [-0.15, -0.1) is 0 Å². The van der Waals surface area contributed by atoms with Crippen LogP contribution in [0.25, 0.3) is 0 Å². The summed E-state index contributed by atoms with van der Waals surface area (Å²) in [6, 6.07) is 1.36. The van der Waals surface area contributed by atoms with E-state index in [1.807, 2.05) is 0 Å². The second kappa shape index (κ2) is 6.17. The van der Waals surface area contributed by atoms with Crippen LogP contribution in [0.2, 0.25) is 5.02 Å². The molecule has 1 heterocycles. The molecule has 5 nitrogen and oxygen atoms in total. The molecule has 1 aliphatic rings. The van der Waals surface area contributed by atoms with Crippen molar-refractivity contribution in [3.63, 3.8) is 0 Å². The number of rotatable bonds is 3. The number of nitrogens with one attached hydrogen (secondary N) is 1. The Bertz CT molecular complexity index is 533. The Labute approximate surface area is 123 Å². The van der Waals surface area contributed by atoms with Gasteiger partial charge < -0.3 is 5.32 Å². The van der Waals surface area contributed by atoms with E-state index >= 15 is 0 Å². The summed E-state index contributed by atoms with van der Waals surface area (Å²) in [5.41, 5.74) is -0.681. The Morgan fingerprint density at radius 3 is 2.48 bits per heavy atom. The van der Waals surface area contributed by atoms with E-state index in [4.69, 9.17) is 11.6 Å². The monoisotopic (exact) mass is 323 g/mol. The van der Waals surface area contributed by atoms with Crippen molar-refractivity contribution in [2.45, 2.75) is 12.2 Å². The van der Waals surface area contributed by atoms with Crippen LogP contribution in [-0.4, -0.2) is 42.2 Å². The number of nitro benzene ring substituents is 1. The summed E-state index contributed by atoms with van der Waals surface area (Å²) in [5.74, 6) is 0. The van der Waals surface area contributed by atoms with Gasteiger partial charge >= 0.3 is 6.18 Å². The molecule has 0 radical (unpaired) electrons. The molecule has 1 fully saturated rings. The van der Waals surface area contributed by atoms with E-state index in [1.54, 1.807) is 0 Å². The molecule has 116 valence electrons. The zero-order valence-corrected chi connectivity index (χ0v) is 11.6. The Hall–Kier alpha value is -1.38. The highest BCUT2D eigenvalue weighted by Crippen LogP contribution is 2.40. The van der Waals surface area contributed by atoms with Crippen LogP contribution in [0.3, 0.4) is 0 Å². The lowest BCUT2D eigenvalue weighted by Crippen LogP contribution is -2.49. The van der Waals surface area contributed by atoms with Crippen LogP contribution in [0.5, 0.6) is 0 Å². The number of hydrogen-bond acceptors (Lipinski definition) is 4. The second-order valence-corrected chi connectivity index (χ2v) is 5.11. The second-order valence-electron chi connectivity index (χ2n) is 4.70. The van der Waals surface area contributed by atoms with Crippen molar-refractivity contribution in [2.24, 2.45) is 0 Å². The van der Waals surface area contributed by atoms with Gasteiger partial charge in [-0.1, -0.05) is 17.7 Å². The van der Waals surface area contributed by atoms with Crippen molar-refractivity contribution in [1.82, 2.24) is 10.2 Å². The Morgan fingerprint density at radius 1 is 1.33 bits per heavy atom. The molecule has 0 spiro atoms. The van der Waals surface area contributed by atoms with Gasteiger partial charge in [0.25, 0.3) is 5.69 Å². The lowest BCUT2D eigenvalue weighted by molar-refractivity contribution is -0.384. The first-order valence-corrected chi connectivity index (χ1v) is 6.64. The van der Waals surface area contributed by atoms with Gasteiger partial charge in [-0.05, 0) is 11.6 Å². The third kappa shape index (κ3) is 3.63. The molecule has 2 rings (SSSR count). The summed E-state index contributed by atoms with van der Waals surface area (Å²) >= 11 is 5.65. The van der Waals surface area contributed by atoms with Crippen molar-refractivity contribution < 1.29 is 18.1 Å². The third-order valence-electron chi connectivity index (χ3n) is 3.31. The van der Waals surface area contributed by atoms with Gasteiger partial charge in [0.05, 0.1) is 4.92 Å². The molecule has 1 aliphatic heterocycles. The summed E-state index contributed by atoms with van der Waals surface area (Å²) < 4.78 is 40.1. The van der Waals surface area contributed by atoms with Crippen LogP contribution in [0.1, 0.15) is 11.6 Å². The number of alkyl halides is 3. The molecule has 0 amide bonds. The molecule has 9 heteroatoms. The van der Waals surface area contributed by atoms with E-state index in [0.717, 1.165) is 12.1 Å². The molecule has 1 aromatic rings. The van der Waals surface area contributed by atoms with Crippen LogP contribution in [0.4, 0.5) is 18.9 Å². The maximum atomic E-state index is 13.4. The minimum absolute atomic E-state index is 0.166. The molecule has 21 heavy (non-hydrogen) atoms. The number of nitro groups is 1. The first-order chi connectivity index (χ1) is 9.80. The molecule has 1 aromatic carbocycles. The van der Waals surface area contributed by atoms with Gasteiger partial charge in [0.2, 0.25) is 0 Å². The van der Waals surface area contributed by atoms with E-state index in [-0.39, 0.29) is 23.7 Å². The molecule has 0 saturated carbocycles. The number of benzene rings is 1. The van der Waals surface area contributed by atoms with E-state index in [2.05, 4.69) is 5.32 Å². The standard InChI is InChI=1S/C12H13ClF3N3O2/c13-9-2-1-8(7-10(9)19(20)21)11(12(14,15)16)18-5-3-17-4-6-18/h1-2,7,11,17H,3-6H2/t11-/m1/s1. The van der Waals surface area contributed by atoms with Gasteiger partial charge in [-0.3, -0.25) is 15.0 Å². The maximum absolute atomic E-state index is 13.4. The SMILES string of the molecule is O=[N+]([O-])c1cc([C@@H](N2CCNCC2)C(F)(F)F)ccc1Cl. The fraction of sp³-hybridized carbons (Fsp3) is 0.500. The summed E-state index contributed by atoms with van der Waals surface area (Å²) in [7, 11) is 0. The lowest BCUT2D eigenvalue weighted by Gasteiger charge is -2.36. The first kappa shape index (κ1) is 16.0. The lowest BCUT2D eigenvalue weighted by atomic mass is 10.0. The largest absolute Gasteiger partial charge is 0.408 e. The number of piperazine rings is 1. The van der Waals surface area contributed by atoms with Crippen molar-refractivity contribution in [3.8, 4) is 0 Å². The van der Waals surface area contributed by atoms with Gasteiger partial charge in [-0.25, -0.2) is 0 Å². The molecular weight excluding hydrogens is 311 g/mol. The van der Waals surface area contributed by atoms with Crippen molar-refractivity contribution in [3.05, 3.63) is 38.9 Å². The first-order valence-electron chi connectivity index (χ1n) is 6.26. The quantitative estimate of drug-likeness (QED) is 0.686. The van der Waals surface area contributed by atoms with E-state index in [0.29, 0.717) is 13.1 Å². The fourth-order valence-electron chi connectivity index (χ4n) is 2.39. The maximum Gasteiger partial charge on any atom is 0.408 e. The molecule has 1 N–H and O–H groups in total. The zero-order valence-electron chi connectivity index (χ0n) is 10.9. The number of nitrogens with zero attached hydrogens (tertiary/aromatic N) is 2. The van der Waals surface area contributed by atoms with Crippen LogP contribution in [0, 0.1) is 10.1 Å². The van der Waals surface area contributed by atoms with Gasteiger partial charge in [0.1, 0.15) is 11.1 Å². The number of hydrogen-bond donors (Lipinski definition) is 1. The van der Waals surface area contributed by atoms with E-state index < -0.39 is 22.8 Å². The molecular formula is C12H13ClF3N3O2. The highest BCUT2D eigenvalue weighted by Gasteiger charge is 2.45. The minimum Gasteiger partial charge on any atom is -0.314 e. The Balaban J connectivity index is 2.41. The van der Waals surface area contributed by atoms with E-state index in [1.165, 1.54) is 11.0 Å². The molecule has 0 aromatic heterocycles. The third-order valence-corrected chi connectivity index (χ3v) is 3.63. The minimum atomic E-state index is -4.51. The average Bonchev–Trinajstić information content (AvgIpc) is 2.40. The van der Waals surface area contributed by atoms with Crippen LogP contribution >= 0.6 is 11.6 Å². The van der Waals surface area contributed by atoms with Crippen molar-refractivity contribution >= 4 is 17.3 Å². The zero-order chi connectivity index (χ0) is 15.6. The normalized spacial score (nSPS) is 18.5. The summed E-state index contributed by atoms with van der Waals surface area (Å²) in [5, 5.41) is 13.6. The number of halogens is 4. The highest BCUT2D eigenvalue weighted by atomic mass is 35.5. The molecule has 1 saturated heterocycles. The smallest absolute Gasteiger partial charge is 0.314 e. The Kier molecular flexibility index (Phi) is 4.70. The summed E-state index contributed by atoms with van der Waals surface area (Å²) in [6.45, 7) is 1.34. The molecule has 0 unspecified atom stereocenters. The summed E-state index contributed by atoms with van der Waals surface area (Å²) in [6.07, 6.45) is -4.51. The topological polar surface area (TPSA) is 58.4 Å². The summed E-state index contributed by atoms with van der Waals surface area (Å²) in [4.78, 5) is 11.3. The average molecular weight is 324 g/mol. The predicted octanol–water partition coefficient (Wildman–Crippen LogP) is 2.76. The van der Waals surface area contributed by atoms with Crippen LogP contribution in [0.15, 0.2) is 18.2 Å². The predicted molar refractivity (Wildman–Crippen MR) is 71.3 cm³/mol. The molecule has 0 aliphatic carbocycles. The van der Waals surface area contributed by atoms with Crippen LogP contribution in [-0.2, 0) is 0 Å². The van der Waals surface area contributed by atoms with Crippen molar-refractivity contribution in [2.75, 3.05) is 26.2 Å². The van der Waals surface area contributed by atoms with Gasteiger partial charge in [-0.2, -0.15) is 13.2 Å².